The first-order valence-corrected chi connectivity index (χ1v) is 9.93. The highest BCUT2D eigenvalue weighted by molar-refractivity contribution is 7.89. The van der Waals surface area contributed by atoms with Gasteiger partial charge < -0.3 is 5.32 Å². The number of hydrogen-bond donors (Lipinski definition) is 2. The number of hydrogen-bond acceptors (Lipinski definition) is 3. The van der Waals surface area contributed by atoms with Gasteiger partial charge in [0.25, 0.3) is 5.91 Å². The molecular weight excluding hydrogens is 383 g/mol. The molecule has 0 spiro atoms. The maximum atomic E-state index is 12.4. The fourth-order valence-electron chi connectivity index (χ4n) is 2.27. The molecule has 8 heteroatoms. The van der Waals surface area contributed by atoms with Crippen LogP contribution < -0.4 is 10.0 Å². The summed E-state index contributed by atoms with van der Waals surface area (Å²) in [5.41, 5.74) is 1.07. The van der Waals surface area contributed by atoms with Crippen LogP contribution in [0.3, 0.4) is 0 Å². The van der Waals surface area contributed by atoms with Gasteiger partial charge >= 0.3 is 0 Å². The number of rotatable bonds is 6. The molecule has 0 unspecified atom stereocenters. The first-order valence-electron chi connectivity index (χ1n) is 7.70. The van der Waals surface area contributed by atoms with Gasteiger partial charge in [-0.25, -0.2) is 13.1 Å². The van der Waals surface area contributed by atoms with E-state index in [-0.39, 0.29) is 34.0 Å². The van der Waals surface area contributed by atoms with Gasteiger partial charge in [0.15, 0.2) is 0 Å². The summed E-state index contributed by atoms with van der Waals surface area (Å²) in [6, 6.07) is 11.3. The zero-order valence-electron chi connectivity index (χ0n) is 13.1. The topological polar surface area (TPSA) is 75.3 Å². The van der Waals surface area contributed by atoms with E-state index in [1.807, 2.05) is 6.07 Å². The minimum Gasteiger partial charge on any atom is -0.348 e. The van der Waals surface area contributed by atoms with Gasteiger partial charge in [0.2, 0.25) is 10.0 Å². The average Bonchev–Trinajstić information content (AvgIpc) is 3.36. The highest BCUT2D eigenvalue weighted by Crippen LogP contribution is 2.26. The van der Waals surface area contributed by atoms with Crippen molar-refractivity contribution in [1.82, 2.24) is 10.0 Å². The summed E-state index contributed by atoms with van der Waals surface area (Å²) >= 11 is 11.9. The number of benzene rings is 2. The minimum atomic E-state index is -3.74. The lowest BCUT2D eigenvalue weighted by atomic mass is 10.2. The molecule has 0 atom stereocenters. The van der Waals surface area contributed by atoms with Crippen LogP contribution in [0.4, 0.5) is 0 Å². The molecule has 0 aromatic heterocycles. The molecule has 1 aliphatic rings. The van der Waals surface area contributed by atoms with Crippen LogP contribution in [0, 0.1) is 0 Å². The van der Waals surface area contributed by atoms with Crippen molar-refractivity contribution in [3.8, 4) is 0 Å². The second kappa shape index (κ2) is 7.33. The Hall–Kier alpha value is -1.60. The smallest absolute Gasteiger partial charge is 0.251 e. The second-order valence-electron chi connectivity index (χ2n) is 5.85. The van der Waals surface area contributed by atoms with Crippen molar-refractivity contribution in [2.75, 3.05) is 0 Å². The molecule has 1 fully saturated rings. The van der Waals surface area contributed by atoms with Crippen molar-refractivity contribution in [1.29, 1.82) is 0 Å². The lowest BCUT2D eigenvalue weighted by Gasteiger charge is -2.10. The molecular formula is C17H16Cl2N2O3S. The van der Waals surface area contributed by atoms with Crippen LogP contribution in [0.15, 0.2) is 47.4 Å². The molecule has 132 valence electrons. The second-order valence-corrected chi connectivity index (χ2v) is 8.38. The SMILES string of the molecule is O=C(NCc1cccc(Cl)c1)c1ccc(Cl)c(S(=O)(=O)NC2CC2)c1. The third kappa shape index (κ3) is 4.73. The average molecular weight is 399 g/mol. The first-order chi connectivity index (χ1) is 11.8. The molecule has 2 N–H and O–H groups in total. The van der Waals surface area contributed by atoms with Gasteiger partial charge in [0.1, 0.15) is 4.90 Å². The number of sulfonamides is 1. The van der Waals surface area contributed by atoms with E-state index in [4.69, 9.17) is 23.2 Å². The lowest BCUT2D eigenvalue weighted by molar-refractivity contribution is 0.0950. The molecule has 0 aliphatic heterocycles. The standard InChI is InChI=1S/C17H16Cl2N2O3S/c18-13-3-1-2-11(8-13)10-20-17(22)12-4-7-15(19)16(9-12)25(23,24)21-14-5-6-14/h1-4,7-9,14,21H,5-6,10H2,(H,20,22). The molecule has 0 saturated heterocycles. The van der Waals surface area contributed by atoms with Crippen molar-refractivity contribution >= 4 is 39.1 Å². The Bertz CT molecular complexity index is 912. The number of carbonyl (C=O) groups excluding carboxylic acids is 1. The molecule has 1 amide bonds. The zero-order chi connectivity index (χ0) is 18.0. The van der Waals surface area contributed by atoms with E-state index in [0.29, 0.717) is 5.02 Å². The fraction of sp³-hybridized carbons (Fsp3) is 0.235. The predicted molar refractivity (Wildman–Crippen MR) is 97.4 cm³/mol. The summed E-state index contributed by atoms with van der Waals surface area (Å²) in [5, 5.41) is 3.40. The van der Waals surface area contributed by atoms with Crippen LogP contribution in [0.1, 0.15) is 28.8 Å². The number of nitrogens with one attached hydrogen (secondary N) is 2. The van der Waals surface area contributed by atoms with Crippen molar-refractivity contribution < 1.29 is 13.2 Å². The monoisotopic (exact) mass is 398 g/mol. The normalized spacial score (nSPS) is 14.3. The summed E-state index contributed by atoms with van der Waals surface area (Å²) in [6.07, 6.45) is 1.63. The molecule has 1 aliphatic carbocycles. The lowest BCUT2D eigenvalue weighted by Crippen LogP contribution is -2.27. The van der Waals surface area contributed by atoms with Gasteiger partial charge in [-0.2, -0.15) is 0 Å². The largest absolute Gasteiger partial charge is 0.348 e. The number of amides is 1. The third-order valence-corrected chi connectivity index (χ3v) is 5.96. The Morgan fingerprint density at radius 3 is 2.56 bits per heavy atom. The van der Waals surface area contributed by atoms with E-state index >= 15 is 0 Å². The highest BCUT2D eigenvalue weighted by Gasteiger charge is 2.29. The summed E-state index contributed by atoms with van der Waals surface area (Å²) in [4.78, 5) is 12.2. The van der Waals surface area contributed by atoms with E-state index in [1.54, 1.807) is 18.2 Å². The summed E-state index contributed by atoms with van der Waals surface area (Å²) in [5.74, 6) is -0.389. The van der Waals surface area contributed by atoms with E-state index < -0.39 is 10.0 Å². The van der Waals surface area contributed by atoms with E-state index in [1.165, 1.54) is 18.2 Å². The molecule has 0 radical (unpaired) electrons. The van der Waals surface area contributed by atoms with Crippen molar-refractivity contribution in [2.45, 2.75) is 30.3 Å². The fourth-order valence-corrected chi connectivity index (χ4v) is 4.31. The molecule has 3 rings (SSSR count). The van der Waals surface area contributed by atoms with Gasteiger partial charge in [0, 0.05) is 23.2 Å². The van der Waals surface area contributed by atoms with Crippen LogP contribution in [-0.2, 0) is 16.6 Å². The van der Waals surface area contributed by atoms with Crippen LogP contribution in [-0.4, -0.2) is 20.4 Å². The first kappa shape index (κ1) is 18.2. The Labute approximate surface area is 156 Å². The molecule has 1 saturated carbocycles. The van der Waals surface area contributed by atoms with Gasteiger partial charge in [-0.1, -0.05) is 35.3 Å². The van der Waals surface area contributed by atoms with Crippen molar-refractivity contribution in [2.24, 2.45) is 0 Å². The van der Waals surface area contributed by atoms with Crippen LogP contribution >= 0.6 is 23.2 Å². The number of halogens is 2. The minimum absolute atomic E-state index is 0.0404. The predicted octanol–water partition coefficient (Wildman–Crippen LogP) is 3.36. The quantitative estimate of drug-likeness (QED) is 0.782. The Morgan fingerprint density at radius 2 is 1.88 bits per heavy atom. The van der Waals surface area contributed by atoms with Crippen LogP contribution in [0.2, 0.25) is 10.0 Å². The molecule has 0 bridgehead atoms. The highest BCUT2D eigenvalue weighted by atomic mass is 35.5. The Balaban J connectivity index is 1.75. The zero-order valence-corrected chi connectivity index (χ0v) is 15.5. The third-order valence-electron chi connectivity index (χ3n) is 3.72. The van der Waals surface area contributed by atoms with E-state index in [0.717, 1.165) is 18.4 Å². The van der Waals surface area contributed by atoms with Crippen molar-refractivity contribution in [3.05, 3.63) is 63.6 Å². The maximum absolute atomic E-state index is 12.4. The van der Waals surface area contributed by atoms with Crippen molar-refractivity contribution in [3.63, 3.8) is 0 Å². The van der Waals surface area contributed by atoms with Gasteiger partial charge in [-0.05, 0) is 48.7 Å². The number of carbonyl (C=O) groups is 1. The Morgan fingerprint density at radius 1 is 1.12 bits per heavy atom. The molecule has 5 nitrogen and oxygen atoms in total. The van der Waals surface area contributed by atoms with Gasteiger partial charge in [0.05, 0.1) is 5.02 Å². The molecule has 0 heterocycles. The van der Waals surface area contributed by atoms with Crippen LogP contribution in [0.5, 0.6) is 0 Å². The summed E-state index contributed by atoms with van der Waals surface area (Å²) in [6.45, 7) is 0.282. The Kier molecular flexibility index (Phi) is 5.34. The van der Waals surface area contributed by atoms with E-state index in [9.17, 15) is 13.2 Å². The summed E-state index contributed by atoms with van der Waals surface area (Å²) < 4.78 is 27.3. The van der Waals surface area contributed by atoms with E-state index in [2.05, 4.69) is 10.0 Å². The van der Waals surface area contributed by atoms with Gasteiger partial charge in [-0.3, -0.25) is 4.79 Å². The maximum Gasteiger partial charge on any atom is 0.251 e. The van der Waals surface area contributed by atoms with Crippen LogP contribution in [0.25, 0.3) is 0 Å². The van der Waals surface area contributed by atoms with Gasteiger partial charge in [-0.15, -0.1) is 0 Å². The summed E-state index contributed by atoms with van der Waals surface area (Å²) in [7, 11) is -3.74. The molecule has 2 aromatic carbocycles. The molecule has 25 heavy (non-hydrogen) atoms. The molecule has 2 aromatic rings.